The molecule has 0 aliphatic heterocycles. The van der Waals surface area contributed by atoms with Crippen LogP contribution in [0, 0.1) is 0 Å². The van der Waals surface area contributed by atoms with Gasteiger partial charge in [0.2, 0.25) is 0 Å². The van der Waals surface area contributed by atoms with Crippen molar-refractivity contribution in [2.24, 2.45) is 5.16 Å². The van der Waals surface area contributed by atoms with E-state index in [1.807, 2.05) is 73.7 Å². The van der Waals surface area contributed by atoms with Gasteiger partial charge in [-0.05, 0) is 36.2 Å². The van der Waals surface area contributed by atoms with Gasteiger partial charge < -0.3 is 19.6 Å². The normalized spacial score (nSPS) is 11.3. The molecule has 0 aliphatic rings. The maximum Gasteiger partial charge on any atom is 0.162 e. The molecule has 1 N–H and O–H groups in total. The smallest absolute Gasteiger partial charge is 0.162 e. The van der Waals surface area contributed by atoms with Crippen molar-refractivity contribution >= 4 is 28.1 Å². The van der Waals surface area contributed by atoms with Crippen molar-refractivity contribution in [3.8, 4) is 11.5 Å². The van der Waals surface area contributed by atoms with E-state index >= 15 is 0 Å². The zero-order valence-electron chi connectivity index (χ0n) is 18.2. The number of oxime groups is 1. The van der Waals surface area contributed by atoms with Crippen molar-refractivity contribution < 1.29 is 14.3 Å². The van der Waals surface area contributed by atoms with Gasteiger partial charge in [-0.1, -0.05) is 47.6 Å². The third kappa shape index (κ3) is 4.78. The van der Waals surface area contributed by atoms with E-state index in [0.29, 0.717) is 23.9 Å². The van der Waals surface area contributed by atoms with Gasteiger partial charge in [0.25, 0.3) is 0 Å². The molecule has 0 fully saturated rings. The maximum atomic E-state index is 5.48. The minimum absolute atomic E-state index is 0.437. The number of anilines is 2. The molecule has 0 radical (unpaired) electrons. The molecule has 0 aliphatic carbocycles. The number of nitrogens with zero attached hydrogens (tertiary/aromatic N) is 3. The molecule has 0 spiro atoms. The van der Waals surface area contributed by atoms with E-state index < -0.39 is 0 Å². The molecule has 0 unspecified atom stereocenters. The molecular formula is C25H24N4O3. The predicted molar refractivity (Wildman–Crippen MR) is 126 cm³/mol. The highest BCUT2D eigenvalue weighted by atomic mass is 16.6. The van der Waals surface area contributed by atoms with Crippen LogP contribution in [0.25, 0.3) is 10.9 Å². The van der Waals surface area contributed by atoms with Crippen molar-refractivity contribution in [3.63, 3.8) is 0 Å². The lowest BCUT2D eigenvalue weighted by atomic mass is 10.1. The third-order valence-corrected chi connectivity index (χ3v) is 4.98. The SMILES string of the molecule is COc1cc2ncnc(Nc3ccc(C(C)=NOCc4ccccc4)cc3)c2cc1OC. The molecule has 32 heavy (non-hydrogen) atoms. The van der Waals surface area contributed by atoms with Crippen LogP contribution in [0.2, 0.25) is 0 Å². The lowest BCUT2D eigenvalue weighted by Crippen LogP contribution is -2.00. The Morgan fingerprint density at radius 3 is 2.34 bits per heavy atom. The Balaban J connectivity index is 1.49. The summed E-state index contributed by atoms with van der Waals surface area (Å²) >= 11 is 0. The van der Waals surface area contributed by atoms with Crippen LogP contribution in [0.3, 0.4) is 0 Å². The second kappa shape index (κ2) is 9.78. The van der Waals surface area contributed by atoms with Crippen molar-refractivity contribution in [2.45, 2.75) is 13.5 Å². The van der Waals surface area contributed by atoms with Gasteiger partial charge in [-0.15, -0.1) is 0 Å². The Bertz CT molecular complexity index is 1230. The van der Waals surface area contributed by atoms with Gasteiger partial charge in [0.1, 0.15) is 18.8 Å². The van der Waals surface area contributed by atoms with Crippen LogP contribution < -0.4 is 14.8 Å². The van der Waals surface area contributed by atoms with Crippen molar-refractivity contribution in [1.82, 2.24) is 9.97 Å². The first-order valence-electron chi connectivity index (χ1n) is 10.1. The molecule has 0 saturated carbocycles. The average molecular weight is 428 g/mol. The van der Waals surface area contributed by atoms with Gasteiger partial charge in [0.05, 0.1) is 25.4 Å². The summed E-state index contributed by atoms with van der Waals surface area (Å²) in [5.41, 5.74) is 4.51. The highest BCUT2D eigenvalue weighted by Gasteiger charge is 2.11. The molecule has 0 bridgehead atoms. The highest BCUT2D eigenvalue weighted by molar-refractivity contribution is 5.99. The largest absolute Gasteiger partial charge is 0.493 e. The average Bonchev–Trinajstić information content (AvgIpc) is 2.84. The second-order valence-corrected chi connectivity index (χ2v) is 7.08. The zero-order valence-corrected chi connectivity index (χ0v) is 18.2. The van der Waals surface area contributed by atoms with Crippen molar-refractivity contribution in [3.05, 3.63) is 84.2 Å². The first-order valence-corrected chi connectivity index (χ1v) is 10.1. The Morgan fingerprint density at radius 1 is 0.906 bits per heavy atom. The predicted octanol–water partition coefficient (Wildman–Crippen LogP) is 5.33. The van der Waals surface area contributed by atoms with Crippen LogP contribution in [0.5, 0.6) is 11.5 Å². The fourth-order valence-corrected chi connectivity index (χ4v) is 3.24. The number of hydrogen-bond acceptors (Lipinski definition) is 7. The first-order chi connectivity index (χ1) is 15.7. The van der Waals surface area contributed by atoms with E-state index in [1.54, 1.807) is 14.2 Å². The molecule has 1 aromatic heterocycles. The molecule has 0 atom stereocenters. The number of hydrogen-bond donors (Lipinski definition) is 1. The summed E-state index contributed by atoms with van der Waals surface area (Å²) in [6.45, 7) is 2.36. The third-order valence-electron chi connectivity index (χ3n) is 4.98. The molecule has 4 aromatic rings. The quantitative estimate of drug-likeness (QED) is 0.302. The second-order valence-electron chi connectivity index (χ2n) is 7.08. The monoisotopic (exact) mass is 428 g/mol. The van der Waals surface area contributed by atoms with Gasteiger partial charge in [0, 0.05) is 17.1 Å². The summed E-state index contributed by atoms with van der Waals surface area (Å²) in [5, 5.41) is 8.41. The van der Waals surface area contributed by atoms with Gasteiger partial charge >= 0.3 is 0 Å². The Kier molecular flexibility index (Phi) is 6.46. The van der Waals surface area contributed by atoms with Crippen molar-refractivity contribution in [2.75, 3.05) is 19.5 Å². The molecule has 162 valence electrons. The van der Waals surface area contributed by atoms with Crippen LogP contribution in [0.1, 0.15) is 18.1 Å². The lowest BCUT2D eigenvalue weighted by Gasteiger charge is -2.12. The molecular weight excluding hydrogens is 404 g/mol. The fourth-order valence-electron chi connectivity index (χ4n) is 3.24. The summed E-state index contributed by atoms with van der Waals surface area (Å²) in [6.07, 6.45) is 1.52. The number of aromatic nitrogens is 2. The lowest BCUT2D eigenvalue weighted by molar-refractivity contribution is 0.130. The molecule has 4 rings (SSSR count). The molecule has 7 nitrogen and oxygen atoms in total. The van der Waals surface area contributed by atoms with E-state index in [0.717, 1.165) is 33.4 Å². The standard InChI is InChI=1S/C25H24N4O3/c1-17(29-32-15-18-7-5-4-6-8-18)19-9-11-20(12-10-19)28-25-21-13-23(30-2)24(31-3)14-22(21)26-16-27-25/h4-14,16H,15H2,1-3H3,(H,26,27,28). The summed E-state index contributed by atoms with van der Waals surface area (Å²) in [4.78, 5) is 14.2. The maximum absolute atomic E-state index is 5.48. The Morgan fingerprint density at radius 2 is 1.62 bits per heavy atom. The van der Waals surface area contributed by atoms with Crippen LogP contribution in [-0.4, -0.2) is 29.9 Å². The fraction of sp³-hybridized carbons (Fsp3) is 0.160. The minimum Gasteiger partial charge on any atom is -0.493 e. The first kappa shape index (κ1) is 21.1. The Hall–Kier alpha value is -4.13. The zero-order chi connectivity index (χ0) is 22.3. The van der Waals surface area contributed by atoms with E-state index in [1.165, 1.54) is 6.33 Å². The van der Waals surface area contributed by atoms with Crippen LogP contribution >= 0.6 is 0 Å². The topological polar surface area (TPSA) is 77.9 Å². The van der Waals surface area contributed by atoms with E-state index in [-0.39, 0.29) is 0 Å². The van der Waals surface area contributed by atoms with Gasteiger partial charge in [0.15, 0.2) is 11.5 Å². The number of ether oxygens (including phenoxy) is 2. The molecule has 3 aromatic carbocycles. The highest BCUT2D eigenvalue weighted by Crippen LogP contribution is 2.34. The number of nitrogens with one attached hydrogen (secondary N) is 1. The molecule has 0 saturated heterocycles. The van der Waals surface area contributed by atoms with Crippen LogP contribution in [-0.2, 0) is 11.4 Å². The van der Waals surface area contributed by atoms with Gasteiger partial charge in [-0.3, -0.25) is 0 Å². The van der Waals surface area contributed by atoms with Crippen molar-refractivity contribution in [1.29, 1.82) is 0 Å². The summed E-state index contributed by atoms with van der Waals surface area (Å²) < 4.78 is 10.8. The summed E-state index contributed by atoms with van der Waals surface area (Å²) in [7, 11) is 3.20. The van der Waals surface area contributed by atoms with Gasteiger partial charge in [-0.2, -0.15) is 0 Å². The molecule has 1 heterocycles. The number of fused-ring (bicyclic) bond motifs is 1. The van der Waals surface area contributed by atoms with Crippen LogP contribution in [0.4, 0.5) is 11.5 Å². The van der Waals surface area contributed by atoms with E-state index in [4.69, 9.17) is 14.3 Å². The number of benzene rings is 3. The summed E-state index contributed by atoms with van der Waals surface area (Å²) in [6, 6.07) is 21.6. The molecule has 7 heteroatoms. The van der Waals surface area contributed by atoms with Gasteiger partial charge in [-0.25, -0.2) is 9.97 Å². The number of rotatable bonds is 8. The molecule has 0 amide bonds. The van der Waals surface area contributed by atoms with E-state index in [9.17, 15) is 0 Å². The Labute approximate surface area is 186 Å². The van der Waals surface area contributed by atoms with E-state index in [2.05, 4.69) is 20.4 Å². The summed E-state index contributed by atoms with van der Waals surface area (Å²) in [5.74, 6) is 1.93. The minimum atomic E-state index is 0.437. The number of methoxy groups -OCH3 is 2. The van der Waals surface area contributed by atoms with Crippen LogP contribution in [0.15, 0.2) is 78.2 Å².